The summed E-state index contributed by atoms with van der Waals surface area (Å²) in [4.78, 5) is 0. The zero-order valence-electron chi connectivity index (χ0n) is 7.55. The summed E-state index contributed by atoms with van der Waals surface area (Å²) < 4.78 is 0. The van der Waals surface area contributed by atoms with Crippen LogP contribution in [0.2, 0.25) is 0 Å². The Labute approximate surface area is 77.3 Å². The van der Waals surface area contributed by atoms with Crippen LogP contribution in [0.3, 0.4) is 0 Å². The van der Waals surface area contributed by atoms with Crippen LogP contribution in [0.15, 0.2) is 34.7 Å². The summed E-state index contributed by atoms with van der Waals surface area (Å²) in [5.74, 6) is 0. The van der Waals surface area contributed by atoms with Crippen LogP contribution >= 0.6 is 0 Å². The molecule has 0 bridgehead atoms. The number of rotatable bonds is 0. The van der Waals surface area contributed by atoms with Gasteiger partial charge in [0.2, 0.25) is 0 Å². The molecule has 0 fully saturated rings. The second kappa shape index (κ2) is 3.60. The average Bonchev–Trinajstić information content (AvgIpc) is 2.04. The summed E-state index contributed by atoms with van der Waals surface area (Å²) in [6.45, 7) is 3.78. The van der Waals surface area contributed by atoms with Gasteiger partial charge in [0.05, 0.1) is 0 Å². The van der Waals surface area contributed by atoms with E-state index in [1.54, 1.807) is 12.2 Å². The van der Waals surface area contributed by atoms with Gasteiger partial charge in [0.1, 0.15) is 17.7 Å². The summed E-state index contributed by atoms with van der Waals surface area (Å²) >= 11 is 0. The van der Waals surface area contributed by atoms with Crippen molar-refractivity contribution in [1.82, 2.24) is 5.32 Å². The van der Waals surface area contributed by atoms with E-state index in [1.165, 1.54) is 0 Å². The molecule has 0 unspecified atom stereocenters. The zero-order chi connectivity index (χ0) is 9.84. The molecule has 0 atom stereocenters. The number of hydrogen-bond acceptors (Lipinski definition) is 3. The third-order valence-corrected chi connectivity index (χ3v) is 1.65. The molecule has 0 aromatic rings. The molecule has 0 radical (unpaired) electrons. The minimum atomic E-state index is 0.153. The van der Waals surface area contributed by atoms with Crippen LogP contribution in [0, 0.1) is 22.7 Å². The van der Waals surface area contributed by atoms with E-state index < -0.39 is 0 Å². The second-order valence-corrected chi connectivity index (χ2v) is 2.83. The first kappa shape index (κ1) is 9.09. The van der Waals surface area contributed by atoms with Crippen molar-refractivity contribution >= 4 is 0 Å². The van der Waals surface area contributed by atoms with E-state index in [4.69, 9.17) is 10.5 Å². The lowest BCUT2D eigenvalue weighted by Gasteiger charge is -2.12. The molecule has 0 saturated heterocycles. The van der Waals surface area contributed by atoms with Gasteiger partial charge in [-0.15, -0.1) is 0 Å². The lowest BCUT2D eigenvalue weighted by Crippen LogP contribution is -2.12. The summed E-state index contributed by atoms with van der Waals surface area (Å²) in [5.41, 5.74) is 2.72. The highest BCUT2D eigenvalue weighted by Crippen LogP contribution is 2.15. The molecule has 1 aliphatic heterocycles. The minimum Gasteiger partial charge on any atom is -0.363 e. The molecule has 0 aromatic carbocycles. The topological polar surface area (TPSA) is 59.6 Å². The molecular formula is C10H9N3. The van der Waals surface area contributed by atoms with Gasteiger partial charge in [-0.1, -0.05) is 0 Å². The van der Waals surface area contributed by atoms with E-state index in [2.05, 4.69) is 5.32 Å². The Morgan fingerprint density at radius 1 is 1.15 bits per heavy atom. The third-order valence-electron chi connectivity index (χ3n) is 1.65. The van der Waals surface area contributed by atoms with Gasteiger partial charge in [0.15, 0.2) is 0 Å². The molecule has 64 valence electrons. The number of nitrogens with zero attached hydrogens (tertiary/aromatic N) is 2. The van der Waals surface area contributed by atoms with Crippen molar-refractivity contribution in [1.29, 1.82) is 10.5 Å². The van der Waals surface area contributed by atoms with Crippen molar-refractivity contribution in [3.05, 3.63) is 34.7 Å². The standard InChI is InChI=1S/C10H9N3/c1-7-3-9(4-8(2)13-7)10(5-11)6-12/h3-4,13H,1-2H3. The highest BCUT2D eigenvalue weighted by Gasteiger charge is 2.06. The van der Waals surface area contributed by atoms with Gasteiger partial charge in [-0.05, 0) is 26.0 Å². The predicted molar refractivity (Wildman–Crippen MR) is 48.9 cm³/mol. The van der Waals surface area contributed by atoms with Crippen molar-refractivity contribution in [3.63, 3.8) is 0 Å². The van der Waals surface area contributed by atoms with Crippen molar-refractivity contribution in [2.45, 2.75) is 13.8 Å². The van der Waals surface area contributed by atoms with E-state index in [-0.39, 0.29) is 5.57 Å². The Hall–Kier alpha value is -2.00. The second-order valence-electron chi connectivity index (χ2n) is 2.83. The molecule has 1 N–H and O–H groups in total. The van der Waals surface area contributed by atoms with Crippen LogP contribution in [0.25, 0.3) is 0 Å². The van der Waals surface area contributed by atoms with Crippen molar-refractivity contribution in [2.24, 2.45) is 0 Å². The maximum absolute atomic E-state index is 8.64. The molecule has 3 heteroatoms. The van der Waals surface area contributed by atoms with Crippen molar-refractivity contribution < 1.29 is 0 Å². The molecule has 1 heterocycles. The lowest BCUT2D eigenvalue weighted by molar-refractivity contribution is 0.947. The molecule has 0 amide bonds. The Kier molecular flexibility index (Phi) is 2.52. The first-order valence-electron chi connectivity index (χ1n) is 3.85. The first-order chi connectivity index (χ1) is 6.17. The van der Waals surface area contributed by atoms with Gasteiger partial charge in [-0.3, -0.25) is 0 Å². The van der Waals surface area contributed by atoms with Gasteiger partial charge >= 0.3 is 0 Å². The zero-order valence-corrected chi connectivity index (χ0v) is 7.55. The van der Waals surface area contributed by atoms with Crippen LogP contribution in [0.5, 0.6) is 0 Å². The normalized spacial score (nSPS) is 14.6. The van der Waals surface area contributed by atoms with E-state index in [0.29, 0.717) is 5.57 Å². The Balaban J connectivity index is 3.21. The molecule has 0 aliphatic carbocycles. The SMILES string of the molecule is CC1=CC(=C(C#N)C#N)C=C(C)N1. The summed E-state index contributed by atoms with van der Waals surface area (Å²) in [5, 5.41) is 20.4. The Morgan fingerprint density at radius 2 is 1.62 bits per heavy atom. The fourth-order valence-corrected chi connectivity index (χ4v) is 1.19. The summed E-state index contributed by atoms with van der Waals surface area (Å²) in [6.07, 6.45) is 3.57. The van der Waals surface area contributed by atoms with Gasteiger partial charge in [0.25, 0.3) is 0 Å². The summed E-state index contributed by atoms with van der Waals surface area (Å²) in [7, 11) is 0. The van der Waals surface area contributed by atoms with E-state index in [0.717, 1.165) is 11.4 Å². The minimum absolute atomic E-state index is 0.153. The quantitative estimate of drug-likeness (QED) is 0.565. The van der Waals surface area contributed by atoms with Crippen LogP contribution < -0.4 is 5.32 Å². The number of nitriles is 2. The Morgan fingerprint density at radius 3 is 2.00 bits per heavy atom. The monoisotopic (exact) mass is 171 g/mol. The van der Waals surface area contributed by atoms with Crippen molar-refractivity contribution in [2.75, 3.05) is 0 Å². The maximum atomic E-state index is 8.64. The molecule has 1 rings (SSSR count). The fourth-order valence-electron chi connectivity index (χ4n) is 1.19. The largest absolute Gasteiger partial charge is 0.363 e. The van der Waals surface area contributed by atoms with Crippen LogP contribution in [0.4, 0.5) is 0 Å². The number of nitrogens with one attached hydrogen (secondary N) is 1. The first-order valence-corrected chi connectivity index (χ1v) is 3.85. The van der Waals surface area contributed by atoms with Crippen LogP contribution in [0.1, 0.15) is 13.8 Å². The highest BCUT2D eigenvalue weighted by atomic mass is 14.9. The fraction of sp³-hybridized carbons (Fsp3) is 0.200. The van der Waals surface area contributed by atoms with Crippen LogP contribution in [-0.4, -0.2) is 0 Å². The van der Waals surface area contributed by atoms with Crippen molar-refractivity contribution in [3.8, 4) is 12.1 Å². The predicted octanol–water partition coefficient (Wildman–Crippen LogP) is 1.74. The van der Waals surface area contributed by atoms with Gasteiger partial charge in [0, 0.05) is 17.0 Å². The maximum Gasteiger partial charge on any atom is 0.137 e. The number of hydrogen-bond donors (Lipinski definition) is 1. The molecule has 1 aliphatic rings. The number of allylic oxidation sites excluding steroid dienone is 6. The molecule has 13 heavy (non-hydrogen) atoms. The van der Waals surface area contributed by atoms with Gasteiger partial charge < -0.3 is 5.32 Å². The average molecular weight is 171 g/mol. The van der Waals surface area contributed by atoms with E-state index in [1.807, 2.05) is 26.0 Å². The smallest absolute Gasteiger partial charge is 0.137 e. The van der Waals surface area contributed by atoms with Gasteiger partial charge in [-0.2, -0.15) is 10.5 Å². The molecule has 0 spiro atoms. The number of dihydropyridines is 1. The van der Waals surface area contributed by atoms with Gasteiger partial charge in [-0.25, -0.2) is 0 Å². The lowest BCUT2D eigenvalue weighted by atomic mass is 10.1. The molecule has 0 aromatic heterocycles. The van der Waals surface area contributed by atoms with E-state index >= 15 is 0 Å². The van der Waals surface area contributed by atoms with E-state index in [9.17, 15) is 0 Å². The summed E-state index contributed by atoms with van der Waals surface area (Å²) in [6, 6.07) is 3.73. The molecule has 0 saturated carbocycles. The Bertz CT molecular complexity index is 361. The molecular weight excluding hydrogens is 162 g/mol. The third kappa shape index (κ3) is 1.98. The molecule has 3 nitrogen and oxygen atoms in total. The highest BCUT2D eigenvalue weighted by molar-refractivity contribution is 5.52. The van der Waals surface area contributed by atoms with Crippen LogP contribution in [-0.2, 0) is 0 Å².